The number of benzene rings is 2. The monoisotopic (exact) mass is 312 g/mol. The van der Waals surface area contributed by atoms with Gasteiger partial charge in [-0.25, -0.2) is 0 Å². The second-order valence-corrected chi connectivity index (χ2v) is 6.12. The van der Waals surface area contributed by atoms with Gasteiger partial charge in [-0.1, -0.05) is 31.2 Å². The highest BCUT2D eigenvalue weighted by molar-refractivity contribution is 5.47. The van der Waals surface area contributed by atoms with Gasteiger partial charge in [-0.3, -0.25) is 0 Å². The van der Waals surface area contributed by atoms with Gasteiger partial charge in [-0.2, -0.15) is 0 Å². The highest BCUT2D eigenvalue weighted by Gasteiger charge is 2.12. The van der Waals surface area contributed by atoms with Gasteiger partial charge in [0.1, 0.15) is 5.75 Å². The summed E-state index contributed by atoms with van der Waals surface area (Å²) >= 11 is 0. The second-order valence-electron chi connectivity index (χ2n) is 6.12. The van der Waals surface area contributed by atoms with E-state index < -0.39 is 0 Å². The molecule has 0 amide bonds. The van der Waals surface area contributed by atoms with Crippen LogP contribution in [0, 0.1) is 0 Å². The molecule has 2 aromatic carbocycles. The molecule has 0 aliphatic carbocycles. The first-order chi connectivity index (χ1) is 11.1. The van der Waals surface area contributed by atoms with Crippen molar-refractivity contribution < 1.29 is 4.74 Å². The molecule has 0 fully saturated rings. The lowest BCUT2D eigenvalue weighted by molar-refractivity contribution is 0.410. The molecular formula is C20H28N2O. The van der Waals surface area contributed by atoms with E-state index >= 15 is 0 Å². The topological polar surface area (TPSA) is 38.5 Å². The standard InChI is InChI=1S/C20H28N2O/c1-5-16-12-15(6-11-20(16)23-4)13-18(14-21)17-7-9-19(10-8-17)22(2)3/h6-12,18H,5,13-14,21H2,1-4H3. The van der Waals surface area contributed by atoms with Crippen LogP contribution >= 0.6 is 0 Å². The summed E-state index contributed by atoms with van der Waals surface area (Å²) in [6.07, 6.45) is 1.93. The lowest BCUT2D eigenvalue weighted by Crippen LogP contribution is -2.15. The number of ether oxygens (including phenoxy) is 1. The summed E-state index contributed by atoms with van der Waals surface area (Å²) in [4.78, 5) is 2.11. The largest absolute Gasteiger partial charge is 0.496 e. The van der Waals surface area contributed by atoms with Crippen molar-refractivity contribution in [3.63, 3.8) is 0 Å². The molecule has 1 unspecified atom stereocenters. The predicted molar refractivity (Wildman–Crippen MR) is 98.6 cm³/mol. The molecular weight excluding hydrogens is 284 g/mol. The fourth-order valence-electron chi connectivity index (χ4n) is 2.90. The number of nitrogens with zero attached hydrogens (tertiary/aromatic N) is 1. The Labute approximate surface area is 140 Å². The van der Waals surface area contributed by atoms with Crippen molar-refractivity contribution in [3.8, 4) is 5.75 Å². The lowest BCUT2D eigenvalue weighted by atomic mass is 9.91. The summed E-state index contributed by atoms with van der Waals surface area (Å²) in [6, 6.07) is 15.2. The Morgan fingerprint density at radius 1 is 1.09 bits per heavy atom. The second kappa shape index (κ2) is 8.02. The van der Waals surface area contributed by atoms with Gasteiger partial charge < -0.3 is 15.4 Å². The Bertz CT molecular complexity index is 620. The normalized spacial score (nSPS) is 12.0. The Balaban J connectivity index is 2.18. The summed E-state index contributed by atoms with van der Waals surface area (Å²) in [5.74, 6) is 1.31. The highest BCUT2D eigenvalue weighted by Crippen LogP contribution is 2.26. The average Bonchev–Trinajstić information content (AvgIpc) is 2.59. The van der Waals surface area contributed by atoms with E-state index in [0.29, 0.717) is 12.5 Å². The summed E-state index contributed by atoms with van der Waals surface area (Å²) in [5.41, 5.74) is 11.1. The minimum atomic E-state index is 0.337. The van der Waals surface area contributed by atoms with Crippen molar-refractivity contribution in [3.05, 3.63) is 59.2 Å². The van der Waals surface area contributed by atoms with E-state index in [-0.39, 0.29) is 0 Å². The smallest absolute Gasteiger partial charge is 0.122 e. The Hall–Kier alpha value is -2.00. The molecule has 0 aliphatic rings. The summed E-state index contributed by atoms with van der Waals surface area (Å²) in [7, 11) is 5.83. The maximum absolute atomic E-state index is 6.04. The Kier molecular flexibility index (Phi) is 6.05. The summed E-state index contributed by atoms with van der Waals surface area (Å²) < 4.78 is 5.41. The van der Waals surface area contributed by atoms with Gasteiger partial charge >= 0.3 is 0 Å². The molecule has 3 nitrogen and oxygen atoms in total. The fourth-order valence-corrected chi connectivity index (χ4v) is 2.90. The van der Waals surface area contributed by atoms with Gasteiger partial charge in [-0.15, -0.1) is 0 Å². The number of nitrogens with two attached hydrogens (primary N) is 1. The van der Waals surface area contributed by atoms with Gasteiger partial charge in [0.05, 0.1) is 7.11 Å². The minimum Gasteiger partial charge on any atom is -0.496 e. The molecule has 23 heavy (non-hydrogen) atoms. The van der Waals surface area contributed by atoms with Gasteiger partial charge in [0.25, 0.3) is 0 Å². The van der Waals surface area contributed by atoms with Gasteiger partial charge in [0.15, 0.2) is 0 Å². The van der Waals surface area contributed by atoms with Crippen LogP contribution in [-0.4, -0.2) is 27.7 Å². The number of hydrogen-bond acceptors (Lipinski definition) is 3. The third-order valence-corrected chi connectivity index (χ3v) is 4.37. The van der Waals surface area contributed by atoms with Crippen molar-refractivity contribution >= 4 is 5.69 Å². The van der Waals surface area contributed by atoms with E-state index in [1.54, 1.807) is 7.11 Å². The van der Waals surface area contributed by atoms with Crippen LogP contribution in [-0.2, 0) is 12.8 Å². The maximum Gasteiger partial charge on any atom is 0.122 e. The number of rotatable bonds is 7. The van der Waals surface area contributed by atoms with E-state index in [9.17, 15) is 0 Å². The van der Waals surface area contributed by atoms with Crippen LogP contribution < -0.4 is 15.4 Å². The Morgan fingerprint density at radius 2 is 1.78 bits per heavy atom. The zero-order chi connectivity index (χ0) is 16.8. The molecule has 0 saturated heterocycles. The lowest BCUT2D eigenvalue weighted by Gasteiger charge is -2.18. The van der Waals surface area contributed by atoms with Crippen LogP contribution in [0.1, 0.15) is 29.5 Å². The number of methoxy groups -OCH3 is 1. The quantitative estimate of drug-likeness (QED) is 0.849. The molecule has 2 N–H and O–H groups in total. The van der Waals surface area contributed by atoms with E-state index in [2.05, 4.69) is 68.4 Å². The van der Waals surface area contributed by atoms with E-state index in [4.69, 9.17) is 10.5 Å². The van der Waals surface area contributed by atoms with Gasteiger partial charge in [-0.05, 0) is 54.3 Å². The molecule has 0 bridgehead atoms. The first-order valence-electron chi connectivity index (χ1n) is 8.22. The molecule has 2 rings (SSSR count). The van der Waals surface area contributed by atoms with Crippen LogP contribution in [0.2, 0.25) is 0 Å². The fraction of sp³-hybridized carbons (Fsp3) is 0.400. The first-order valence-corrected chi connectivity index (χ1v) is 8.22. The number of anilines is 1. The molecule has 0 saturated carbocycles. The highest BCUT2D eigenvalue weighted by atomic mass is 16.5. The predicted octanol–water partition coefficient (Wildman–Crippen LogP) is 3.61. The van der Waals surface area contributed by atoms with Gasteiger partial charge in [0.2, 0.25) is 0 Å². The summed E-state index contributed by atoms with van der Waals surface area (Å²) in [6.45, 7) is 2.80. The first kappa shape index (κ1) is 17.4. The van der Waals surface area contributed by atoms with E-state index in [1.165, 1.54) is 22.4 Å². The van der Waals surface area contributed by atoms with Crippen molar-refractivity contribution in [2.45, 2.75) is 25.7 Å². The molecule has 0 aromatic heterocycles. The Morgan fingerprint density at radius 3 is 2.30 bits per heavy atom. The van der Waals surface area contributed by atoms with Crippen molar-refractivity contribution in [2.24, 2.45) is 5.73 Å². The minimum absolute atomic E-state index is 0.337. The molecule has 0 radical (unpaired) electrons. The molecule has 124 valence electrons. The third kappa shape index (κ3) is 4.26. The van der Waals surface area contributed by atoms with Gasteiger partial charge in [0, 0.05) is 25.7 Å². The zero-order valence-corrected chi connectivity index (χ0v) is 14.7. The molecule has 3 heteroatoms. The number of aryl methyl sites for hydroxylation is 1. The van der Waals surface area contributed by atoms with Crippen molar-refractivity contribution in [1.29, 1.82) is 0 Å². The SMILES string of the molecule is CCc1cc(CC(CN)c2ccc(N(C)C)cc2)ccc1OC. The van der Waals surface area contributed by atoms with E-state index in [0.717, 1.165) is 18.6 Å². The molecule has 0 aliphatic heterocycles. The van der Waals surface area contributed by atoms with Crippen LogP contribution in [0.4, 0.5) is 5.69 Å². The average molecular weight is 312 g/mol. The van der Waals surface area contributed by atoms with Crippen LogP contribution in [0.3, 0.4) is 0 Å². The van der Waals surface area contributed by atoms with Crippen molar-refractivity contribution in [2.75, 3.05) is 32.6 Å². The zero-order valence-electron chi connectivity index (χ0n) is 14.7. The molecule has 0 spiro atoms. The van der Waals surface area contributed by atoms with Crippen LogP contribution in [0.5, 0.6) is 5.75 Å². The van der Waals surface area contributed by atoms with Crippen molar-refractivity contribution in [1.82, 2.24) is 0 Å². The van der Waals surface area contributed by atoms with Crippen LogP contribution in [0.15, 0.2) is 42.5 Å². The summed E-state index contributed by atoms with van der Waals surface area (Å²) in [5, 5.41) is 0. The molecule has 0 heterocycles. The molecule has 2 aromatic rings. The maximum atomic E-state index is 6.04. The third-order valence-electron chi connectivity index (χ3n) is 4.37. The number of hydrogen-bond donors (Lipinski definition) is 1. The van der Waals surface area contributed by atoms with Crippen LogP contribution in [0.25, 0.3) is 0 Å². The molecule has 1 atom stereocenters. The van der Waals surface area contributed by atoms with E-state index in [1.807, 2.05) is 0 Å².